The molecule has 0 radical (unpaired) electrons. The molecule has 0 unspecified atom stereocenters. The first-order valence-electron chi connectivity index (χ1n) is 4.23. The summed E-state index contributed by atoms with van der Waals surface area (Å²) in [7, 11) is 2.03. The normalized spacial score (nSPS) is 26.2. The molecule has 0 saturated carbocycles. The molecule has 0 aromatic heterocycles. The van der Waals surface area contributed by atoms with E-state index in [1.165, 1.54) is 0 Å². The molecule has 0 aromatic rings. The summed E-state index contributed by atoms with van der Waals surface area (Å²) >= 11 is 0. The molecule has 0 atom stereocenters. The minimum Gasteiger partial charge on any atom is -0.372 e. The highest BCUT2D eigenvalue weighted by Crippen LogP contribution is 2.22. The predicted octanol–water partition coefficient (Wildman–Crippen LogP) is 1.80. The lowest BCUT2D eigenvalue weighted by molar-refractivity contribution is 0.00891. The van der Waals surface area contributed by atoms with Crippen molar-refractivity contribution in [3.05, 3.63) is 24.4 Å². The first-order chi connectivity index (χ1) is 5.54. The molecule has 0 fully saturated rings. The van der Waals surface area contributed by atoms with Gasteiger partial charge in [-0.2, -0.15) is 0 Å². The Morgan fingerprint density at radius 1 is 1.50 bits per heavy atom. The highest BCUT2D eigenvalue weighted by atomic mass is 16.5. The summed E-state index contributed by atoms with van der Waals surface area (Å²) in [6.45, 7) is 9.71. The fraction of sp³-hybridized carbons (Fsp3) is 0.600. The largest absolute Gasteiger partial charge is 0.372 e. The molecular formula is C10H17NO. The molecule has 0 amide bonds. The standard InChI is InChI=1S/C10H17NO/c1-9-10(2,3)12-8-6-5-7-11(9)4/h5-6H,1,7-8H2,2-4H3/b6-5-. The van der Waals surface area contributed by atoms with Gasteiger partial charge in [0.05, 0.1) is 6.61 Å². The number of ether oxygens (including phenoxy) is 1. The van der Waals surface area contributed by atoms with Gasteiger partial charge in [0.25, 0.3) is 0 Å². The van der Waals surface area contributed by atoms with Gasteiger partial charge < -0.3 is 9.64 Å². The van der Waals surface area contributed by atoms with Gasteiger partial charge >= 0.3 is 0 Å². The van der Waals surface area contributed by atoms with Crippen LogP contribution in [0.4, 0.5) is 0 Å². The van der Waals surface area contributed by atoms with Gasteiger partial charge in [0, 0.05) is 19.3 Å². The fourth-order valence-corrected chi connectivity index (χ4v) is 1.21. The molecule has 0 N–H and O–H groups in total. The Kier molecular flexibility index (Phi) is 2.58. The van der Waals surface area contributed by atoms with Crippen molar-refractivity contribution >= 4 is 0 Å². The van der Waals surface area contributed by atoms with Crippen molar-refractivity contribution in [2.75, 3.05) is 20.2 Å². The topological polar surface area (TPSA) is 12.5 Å². The molecular weight excluding hydrogens is 150 g/mol. The Morgan fingerprint density at radius 3 is 2.83 bits per heavy atom. The quantitative estimate of drug-likeness (QED) is 0.510. The van der Waals surface area contributed by atoms with Crippen LogP contribution in [0.5, 0.6) is 0 Å². The van der Waals surface area contributed by atoms with Crippen molar-refractivity contribution in [1.82, 2.24) is 4.90 Å². The second kappa shape index (κ2) is 3.31. The van der Waals surface area contributed by atoms with Crippen LogP contribution in [-0.2, 0) is 4.74 Å². The van der Waals surface area contributed by atoms with Crippen LogP contribution in [0.1, 0.15) is 13.8 Å². The van der Waals surface area contributed by atoms with Crippen molar-refractivity contribution in [3.63, 3.8) is 0 Å². The van der Waals surface area contributed by atoms with Gasteiger partial charge in [-0.1, -0.05) is 18.7 Å². The molecule has 1 aliphatic rings. The second-order valence-corrected chi connectivity index (χ2v) is 3.62. The van der Waals surface area contributed by atoms with Crippen molar-refractivity contribution in [1.29, 1.82) is 0 Å². The van der Waals surface area contributed by atoms with Crippen LogP contribution in [-0.4, -0.2) is 30.7 Å². The van der Waals surface area contributed by atoms with Crippen LogP contribution in [0.25, 0.3) is 0 Å². The number of rotatable bonds is 0. The maximum atomic E-state index is 5.62. The molecule has 68 valence electrons. The lowest BCUT2D eigenvalue weighted by Crippen LogP contribution is -2.37. The third-order valence-electron chi connectivity index (χ3n) is 2.24. The zero-order valence-corrected chi connectivity index (χ0v) is 8.13. The molecule has 0 spiro atoms. The molecule has 0 aromatic carbocycles. The zero-order valence-electron chi connectivity index (χ0n) is 8.13. The van der Waals surface area contributed by atoms with Gasteiger partial charge in [-0.15, -0.1) is 0 Å². The maximum absolute atomic E-state index is 5.62. The molecule has 0 aliphatic carbocycles. The number of likely N-dealkylation sites (N-methyl/N-ethyl adjacent to an activating group) is 1. The maximum Gasteiger partial charge on any atom is 0.102 e. The molecule has 0 saturated heterocycles. The van der Waals surface area contributed by atoms with Gasteiger partial charge in [-0.25, -0.2) is 0 Å². The van der Waals surface area contributed by atoms with Crippen molar-refractivity contribution in [3.8, 4) is 0 Å². The predicted molar refractivity (Wildman–Crippen MR) is 50.9 cm³/mol. The smallest absolute Gasteiger partial charge is 0.102 e. The molecule has 1 heterocycles. The lowest BCUT2D eigenvalue weighted by atomic mass is 10.0. The minimum absolute atomic E-state index is 0.237. The van der Waals surface area contributed by atoms with Gasteiger partial charge in [-0.3, -0.25) is 0 Å². The molecule has 1 rings (SSSR count). The monoisotopic (exact) mass is 167 g/mol. The average molecular weight is 167 g/mol. The van der Waals surface area contributed by atoms with Gasteiger partial charge in [-0.05, 0) is 13.8 Å². The van der Waals surface area contributed by atoms with E-state index < -0.39 is 0 Å². The molecule has 0 bridgehead atoms. The minimum atomic E-state index is -0.237. The number of hydrogen-bond acceptors (Lipinski definition) is 2. The van der Waals surface area contributed by atoms with Crippen molar-refractivity contribution < 1.29 is 4.74 Å². The SMILES string of the molecule is C=C1N(C)C/C=C\COC1(C)C. The van der Waals surface area contributed by atoms with Crippen molar-refractivity contribution in [2.24, 2.45) is 0 Å². The van der Waals surface area contributed by atoms with E-state index in [2.05, 4.69) is 17.6 Å². The van der Waals surface area contributed by atoms with E-state index in [4.69, 9.17) is 4.74 Å². The summed E-state index contributed by atoms with van der Waals surface area (Å²) in [6, 6.07) is 0. The summed E-state index contributed by atoms with van der Waals surface area (Å²) in [5.74, 6) is 0. The zero-order chi connectivity index (χ0) is 9.19. The Bertz CT molecular complexity index is 206. The Labute approximate surface area is 74.5 Å². The Morgan fingerprint density at radius 2 is 2.17 bits per heavy atom. The Balaban J connectivity index is 2.79. The summed E-state index contributed by atoms with van der Waals surface area (Å²) in [5, 5.41) is 0. The van der Waals surface area contributed by atoms with E-state index in [1.54, 1.807) is 0 Å². The molecule has 2 heteroatoms. The van der Waals surface area contributed by atoms with E-state index in [0.717, 1.165) is 12.2 Å². The van der Waals surface area contributed by atoms with E-state index in [1.807, 2.05) is 27.0 Å². The number of hydrogen-bond donors (Lipinski definition) is 0. The molecule has 12 heavy (non-hydrogen) atoms. The van der Waals surface area contributed by atoms with Gasteiger partial charge in [0.2, 0.25) is 0 Å². The lowest BCUT2D eigenvalue weighted by Gasteiger charge is -2.34. The van der Waals surface area contributed by atoms with Crippen LogP contribution >= 0.6 is 0 Å². The van der Waals surface area contributed by atoms with Gasteiger partial charge in [0.1, 0.15) is 5.60 Å². The third-order valence-corrected chi connectivity index (χ3v) is 2.24. The van der Waals surface area contributed by atoms with Crippen LogP contribution < -0.4 is 0 Å². The summed E-state index contributed by atoms with van der Waals surface area (Å²) < 4.78 is 5.62. The second-order valence-electron chi connectivity index (χ2n) is 3.62. The van der Waals surface area contributed by atoms with Crippen molar-refractivity contribution in [2.45, 2.75) is 19.4 Å². The molecule has 1 aliphatic heterocycles. The van der Waals surface area contributed by atoms with E-state index in [9.17, 15) is 0 Å². The fourth-order valence-electron chi connectivity index (χ4n) is 1.21. The van der Waals surface area contributed by atoms with Gasteiger partial charge in [0.15, 0.2) is 0 Å². The highest BCUT2D eigenvalue weighted by molar-refractivity contribution is 5.10. The average Bonchev–Trinajstić information content (AvgIpc) is 2.00. The number of nitrogens with zero attached hydrogens (tertiary/aromatic N) is 1. The highest BCUT2D eigenvalue weighted by Gasteiger charge is 2.25. The summed E-state index contributed by atoms with van der Waals surface area (Å²) in [4.78, 5) is 2.11. The first-order valence-corrected chi connectivity index (χ1v) is 4.23. The van der Waals surface area contributed by atoms with E-state index >= 15 is 0 Å². The van der Waals surface area contributed by atoms with Crippen LogP contribution in [0.3, 0.4) is 0 Å². The Hall–Kier alpha value is -0.760. The molecule has 2 nitrogen and oxygen atoms in total. The van der Waals surface area contributed by atoms with Crippen LogP contribution in [0.15, 0.2) is 24.4 Å². The van der Waals surface area contributed by atoms with E-state index in [-0.39, 0.29) is 5.60 Å². The van der Waals surface area contributed by atoms with Crippen LogP contribution in [0, 0.1) is 0 Å². The first kappa shape index (κ1) is 9.33. The third kappa shape index (κ3) is 1.89. The van der Waals surface area contributed by atoms with E-state index in [0.29, 0.717) is 6.61 Å². The summed E-state index contributed by atoms with van der Waals surface area (Å²) in [5.41, 5.74) is 0.798. The van der Waals surface area contributed by atoms with Crippen LogP contribution in [0.2, 0.25) is 0 Å². The summed E-state index contributed by atoms with van der Waals surface area (Å²) in [6.07, 6.45) is 4.14.